The van der Waals surface area contributed by atoms with Crippen molar-refractivity contribution in [1.29, 1.82) is 0 Å². The molecule has 1 atom stereocenters. The highest BCUT2D eigenvalue weighted by molar-refractivity contribution is 5.69. The number of aromatic nitrogens is 4. The molecule has 7 heteroatoms. The van der Waals surface area contributed by atoms with E-state index < -0.39 is 5.60 Å². The predicted molar refractivity (Wildman–Crippen MR) is 94.9 cm³/mol. The van der Waals surface area contributed by atoms with Gasteiger partial charge in [0.15, 0.2) is 0 Å². The van der Waals surface area contributed by atoms with Gasteiger partial charge < -0.3 is 9.30 Å². The van der Waals surface area contributed by atoms with E-state index in [9.17, 15) is 4.79 Å². The number of amides is 1. The van der Waals surface area contributed by atoms with E-state index in [-0.39, 0.29) is 12.1 Å². The van der Waals surface area contributed by atoms with Gasteiger partial charge in [0.05, 0.1) is 24.1 Å². The monoisotopic (exact) mass is 345 g/mol. The fourth-order valence-electron chi connectivity index (χ4n) is 3.29. The maximum Gasteiger partial charge on any atom is 0.410 e. The van der Waals surface area contributed by atoms with Crippen molar-refractivity contribution in [2.45, 2.75) is 51.7 Å². The third-order valence-corrected chi connectivity index (χ3v) is 4.45. The highest BCUT2D eigenvalue weighted by Crippen LogP contribution is 2.33. The minimum atomic E-state index is -0.498. The molecule has 0 radical (unpaired) electrons. The Balaban J connectivity index is 1.88. The molecule has 1 aliphatic rings. The van der Waals surface area contributed by atoms with Gasteiger partial charge in [0.1, 0.15) is 11.4 Å². The number of piperidine rings is 1. The quantitative estimate of drug-likeness (QED) is 0.838. The second-order valence-corrected chi connectivity index (χ2v) is 7.65. The number of ether oxygens (including phenoxy) is 1. The van der Waals surface area contributed by atoms with E-state index in [2.05, 4.69) is 14.6 Å². The van der Waals surface area contributed by atoms with Gasteiger partial charge >= 0.3 is 6.09 Å². The van der Waals surface area contributed by atoms with Crippen LogP contribution in [0.5, 0.6) is 0 Å². The molecule has 2 aromatic heterocycles. The molecular formula is C18H27N5O2. The third kappa shape index (κ3) is 3.70. The summed E-state index contributed by atoms with van der Waals surface area (Å²) in [5.74, 6) is 0.893. The van der Waals surface area contributed by atoms with Crippen LogP contribution in [0.1, 0.15) is 51.9 Å². The molecule has 1 unspecified atom stereocenters. The third-order valence-electron chi connectivity index (χ3n) is 4.45. The van der Waals surface area contributed by atoms with Crippen LogP contribution in [0.2, 0.25) is 0 Å². The van der Waals surface area contributed by atoms with Crippen LogP contribution in [0.25, 0.3) is 11.3 Å². The molecule has 0 N–H and O–H groups in total. The standard InChI is InChI=1S/C18H27N5O2/c1-18(2,3)25-17(24)23-9-7-6-8-14(23)16-19-11-15(22(16)5)13-10-20-21(4)12-13/h10-12,14H,6-9H2,1-5H3. The van der Waals surface area contributed by atoms with Crippen LogP contribution in [0.15, 0.2) is 18.6 Å². The van der Waals surface area contributed by atoms with Gasteiger partial charge in [-0.25, -0.2) is 9.78 Å². The summed E-state index contributed by atoms with van der Waals surface area (Å²) in [6.45, 7) is 6.38. The Labute approximate surface area is 148 Å². The van der Waals surface area contributed by atoms with E-state index in [4.69, 9.17) is 4.74 Å². The Bertz CT molecular complexity index is 756. The summed E-state index contributed by atoms with van der Waals surface area (Å²) >= 11 is 0. The molecule has 2 aromatic rings. The van der Waals surface area contributed by atoms with Gasteiger partial charge in [0.2, 0.25) is 0 Å². The SMILES string of the molecule is Cn1cc(-c2cnc(C3CCCCN3C(=O)OC(C)(C)C)n2C)cn1. The highest BCUT2D eigenvalue weighted by atomic mass is 16.6. The molecule has 0 aromatic carbocycles. The van der Waals surface area contributed by atoms with Gasteiger partial charge in [0.25, 0.3) is 0 Å². The number of nitrogens with zero attached hydrogens (tertiary/aromatic N) is 5. The molecule has 3 rings (SSSR count). The van der Waals surface area contributed by atoms with Crippen LogP contribution in [0.3, 0.4) is 0 Å². The van der Waals surface area contributed by atoms with Gasteiger partial charge in [-0.3, -0.25) is 9.58 Å². The van der Waals surface area contributed by atoms with E-state index in [1.807, 2.05) is 58.4 Å². The summed E-state index contributed by atoms with van der Waals surface area (Å²) in [5.41, 5.74) is 1.52. The molecule has 1 fully saturated rings. The van der Waals surface area contributed by atoms with Crippen LogP contribution in [-0.4, -0.2) is 42.5 Å². The van der Waals surface area contributed by atoms with E-state index in [1.165, 1.54) is 0 Å². The number of likely N-dealkylation sites (tertiary alicyclic amines) is 1. The van der Waals surface area contributed by atoms with Gasteiger partial charge in [-0.05, 0) is 40.0 Å². The average molecular weight is 345 g/mol. The number of hydrogen-bond acceptors (Lipinski definition) is 4. The number of imidazole rings is 1. The number of rotatable bonds is 2. The summed E-state index contributed by atoms with van der Waals surface area (Å²) < 4.78 is 9.43. The first-order valence-electron chi connectivity index (χ1n) is 8.76. The molecule has 1 saturated heterocycles. The molecule has 3 heterocycles. The molecule has 0 bridgehead atoms. The van der Waals surface area contributed by atoms with E-state index in [1.54, 1.807) is 4.68 Å². The maximum atomic E-state index is 12.6. The topological polar surface area (TPSA) is 65.2 Å². The van der Waals surface area contributed by atoms with Crippen molar-refractivity contribution in [3.63, 3.8) is 0 Å². The highest BCUT2D eigenvalue weighted by Gasteiger charge is 2.34. The number of aryl methyl sites for hydroxylation is 1. The smallest absolute Gasteiger partial charge is 0.410 e. The summed E-state index contributed by atoms with van der Waals surface area (Å²) in [5, 5.41) is 4.23. The van der Waals surface area contributed by atoms with Gasteiger partial charge in [-0.1, -0.05) is 0 Å². The summed E-state index contributed by atoms with van der Waals surface area (Å²) in [4.78, 5) is 19.1. The van der Waals surface area contributed by atoms with Crippen LogP contribution < -0.4 is 0 Å². The summed E-state index contributed by atoms with van der Waals surface area (Å²) in [7, 11) is 3.89. The first-order valence-corrected chi connectivity index (χ1v) is 8.76. The fourth-order valence-corrected chi connectivity index (χ4v) is 3.29. The minimum absolute atomic E-state index is 0.0565. The Hall–Kier alpha value is -2.31. The van der Waals surface area contributed by atoms with Crippen molar-refractivity contribution < 1.29 is 9.53 Å². The second kappa shape index (κ2) is 6.54. The zero-order valence-electron chi connectivity index (χ0n) is 15.7. The number of hydrogen-bond donors (Lipinski definition) is 0. The van der Waals surface area contributed by atoms with Crippen molar-refractivity contribution in [3.8, 4) is 11.3 Å². The molecular weight excluding hydrogens is 318 g/mol. The first-order chi connectivity index (χ1) is 11.8. The van der Waals surface area contributed by atoms with Crippen molar-refractivity contribution in [1.82, 2.24) is 24.2 Å². The van der Waals surface area contributed by atoms with Crippen LogP contribution in [-0.2, 0) is 18.8 Å². The fraction of sp³-hybridized carbons (Fsp3) is 0.611. The molecule has 136 valence electrons. The minimum Gasteiger partial charge on any atom is -0.444 e. The van der Waals surface area contributed by atoms with E-state index in [0.717, 1.165) is 36.3 Å². The molecule has 25 heavy (non-hydrogen) atoms. The summed E-state index contributed by atoms with van der Waals surface area (Å²) in [6, 6.07) is -0.0565. The summed E-state index contributed by atoms with van der Waals surface area (Å²) in [6.07, 6.45) is 8.36. The van der Waals surface area contributed by atoms with Crippen molar-refractivity contribution in [3.05, 3.63) is 24.4 Å². The van der Waals surface area contributed by atoms with E-state index >= 15 is 0 Å². The van der Waals surface area contributed by atoms with Gasteiger partial charge in [0, 0.05) is 32.4 Å². The lowest BCUT2D eigenvalue weighted by Gasteiger charge is -2.36. The first kappa shape index (κ1) is 17.5. The molecule has 0 aliphatic carbocycles. The van der Waals surface area contributed by atoms with Crippen molar-refractivity contribution in [2.24, 2.45) is 14.1 Å². The van der Waals surface area contributed by atoms with Crippen molar-refractivity contribution >= 4 is 6.09 Å². The second-order valence-electron chi connectivity index (χ2n) is 7.65. The predicted octanol–water partition coefficient (Wildman–Crippen LogP) is 3.28. The lowest BCUT2D eigenvalue weighted by atomic mass is 10.0. The Morgan fingerprint density at radius 1 is 1.24 bits per heavy atom. The van der Waals surface area contributed by atoms with Gasteiger partial charge in [-0.2, -0.15) is 5.10 Å². The lowest BCUT2D eigenvalue weighted by molar-refractivity contribution is 0.00816. The van der Waals surface area contributed by atoms with Gasteiger partial charge in [-0.15, -0.1) is 0 Å². The Kier molecular flexibility index (Phi) is 4.58. The normalized spacial score (nSPS) is 18.4. The molecule has 7 nitrogen and oxygen atoms in total. The zero-order chi connectivity index (χ0) is 18.2. The number of carbonyl (C=O) groups is 1. The molecule has 1 amide bonds. The maximum absolute atomic E-state index is 12.6. The molecule has 0 spiro atoms. The van der Waals surface area contributed by atoms with Crippen LogP contribution >= 0.6 is 0 Å². The van der Waals surface area contributed by atoms with E-state index in [0.29, 0.717) is 6.54 Å². The molecule has 1 aliphatic heterocycles. The lowest BCUT2D eigenvalue weighted by Crippen LogP contribution is -2.42. The average Bonchev–Trinajstić information content (AvgIpc) is 3.11. The van der Waals surface area contributed by atoms with Crippen LogP contribution in [0.4, 0.5) is 4.79 Å². The van der Waals surface area contributed by atoms with Crippen molar-refractivity contribution in [2.75, 3.05) is 6.54 Å². The largest absolute Gasteiger partial charge is 0.444 e. The Morgan fingerprint density at radius 3 is 2.64 bits per heavy atom. The zero-order valence-corrected chi connectivity index (χ0v) is 15.7. The molecule has 0 saturated carbocycles. The Morgan fingerprint density at radius 2 is 2.00 bits per heavy atom. The van der Waals surface area contributed by atoms with Crippen LogP contribution in [0, 0.1) is 0 Å². The number of carbonyl (C=O) groups excluding carboxylic acids is 1.